The molecule has 3 rings (SSSR count). The van der Waals surface area contributed by atoms with Gasteiger partial charge in [0.2, 0.25) is 0 Å². The molecule has 0 saturated carbocycles. The van der Waals surface area contributed by atoms with E-state index in [9.17, 15) is 10.2 Å². The Morgan fingerprint density at radius 1 is 1.06 bits per heavy atom. The molecule has 0 amide bonds. The van der Waals surface area contributed by atoms with Crippen LogP contribution in [0.3, 0.4) is 0 Å². The number of nitrogens with one attached hydrogen (secondary N) is 1. The lowest BCUT2D eigenvalue weighted by Crippen LogP contribution is -2.30. The van der Waals surface area contributed by atoms with Crippen LogP contribution in [0.15, 0.2) is 63.4 Å². The van der Waals surface area contributed by atoms with Crippen LogP contribution in [0.2, 0.25) is 0 Å². The van der Waals surface area contributed by atoms with Crippen molar-refractivity contribution in [3.05, 3.63) is 80.3 Å². The number of nitrogens with zero attached hydrogens (tertiary/aromatic N) is 4. The maximum absolute atomic E-state index is 9.58. The van der Waals surface area contributed by atoms with Crippen LogP contribution in [-0.4, -0.2) is 43.3 Å². The van der Waals surface area contributed by atoms with Crippen LogP contribution in [0.5, 0.6) is 11.5 Å². The van der Waals surface area contributed by atoms with E-state index in [0.29, 0.717) is 40.8 Å². The molecular formula is C22H27Br2N7O2. The second kappa shape index (κ2) is 12.0. The van der Waals surface area contributed by atoms with Gasteiger partial charge in [0.25, 0.3) is 0 Å². The van der Waals surface area contributed by atoms with Gasteiger partial charge in [-0.1, -0.05) is 17.3 Å². The van der Waals surface area contributed by atoms with E-state index in [-0.39, 0.29) is 11.5 Å². The summed E-state index contributed by atoms with van der Waals surface area (Å²) in [5.41, 5.74) is 9.64. The van der Waals surface area contributed by atoms with Crippen molar-refractivity contribution in [2.24, 2.45) is 11.6 Å². The molecule has 1 heterocycles. The maximum atomic E-state index is 9.58. The van der Waals surface area contributed by atoms with Crippen molar-refractivity contribution in [1.29, 1.82) is 0 Å². The van der Waals surface area contributed by atoms with Crippen LogP contribution < -0.4 is 16.9 Å². The summed E-state index contributed by atoms with van der Waals surface area (Å²) >= 11 is 6.64. The lowest BCUT2D eigenvalue weighted by atomic mass is 10.1. The van der Waals surface area contributed by atoms with Gasteiger partial charge < -0.3 is 26.3 Å². The average Bonchev–Trinajstić information content (AvgIpc) is 3.23. The first-order valence-corrected chi connectivity index (χ1v) is 11.9. The monoisotopic (exact) mass is 579 g/mol. The predicted octanol–water partition coefficient (Wildman–Crippen LogP) is 2.77. The fourth-order valence-electron chi connectivity index (χ4n) is 3.10. The highest BCUT2D eigenvalue weighted by Gasteiger charge is 2.05. The first-order chi connectivity index (χ1) is 15.8. The molecule has 0 saturated heterocycles. The smallest absolute Gasteiger partial charge is 0.129 e. The molecule has 0 spiro atoms. The van der Waals surface area contributed by atoms with E-state index in [2.05, 4.69) is 47.5 Å². The number of hydrogen-bond donors (Lipinski definition) is 5. The number of rotatable bonds is 11. The summed E-state index contributed by atoms with van der Waals surface area (Å²) < 4.78 is 3.13. The summed E-state index contributed by atoms with van der Waals surface area (Å²) in [6.07, 6.45) is 5.09. The van der Waals surface area contributed by atoms with Crippen molar-refractivity contribution in [1.82, 2.24) is 25.3 Å². The summed E-state index contributed by atoms with van der Waals surface area (Å²) in [7, 11) is 0. The van der Waals surface area contributed by atoms with Crippen LogP contribution in [0, 0.1) is 0 Å². The summed E-state index contributed by atoms with van der Waals surface area (Å²) in [5, 5.41) is 32.3. The van der Waals surface area contributed by atoms with E-state index < -0.39 is 0 Å². The Morgan fingerprint density at radius 3 is 2.33 bits per heavy atom. The number of benzene rings is 2. The average molecular weight is 581 g/mol. The quantitative estimate of drug-likeness (QED) is 0.172. The molecule has 0 aliphatic heterocycles. The van der Waals surface area contributed by atoms with Gasteiger partial charge in [0, 0.05) is 44.3 Å². The standard InChI is InChI=1S/C22H27Br2N7O2/c23-19-9-15(1-3-21(19)32)5-7-30(26)13-17(25)11-27-12-18-14-31(29-28-18)8-6-16-2-4-22(33)20(24)10-16/h1-4,9-10,13-14,27,32-33H,5-8,11-12,25-26H2/b17-13-. The van der Waals surface area contributed by atoms with Gasteiger partial charge >= 0.3 is 0 Å². The fourth-order valence-corrected chi connectivity index (χ4v) is 3.95. The van der Waals surface area contributed by atoms with Crippen molar-refractivity contribution in [3.8, 4) is 11.5 Å². The molecular weight excluding hydrogens is 554 g/mol. The Balaban J connectivity index is 1.38. The van der Waals surface area contributed by atoms with Crippen LogP contribution in [0.25, 0.3) is 0 Å². The Morgan fingerprint density at radius 2 is 1.70 bits per heavy atom. The van der Waals surface area contributed by atoms with Crippen molar-refractivity contribution in [2.45, 2.75) is 25.9 Å². The van der Waals surface area contributed by atoms with Crippen LogP contribution in [0.4, 0.5) is 0 Å². The van der Waals surface area contributed by atoms with E-state index in [0.717, 1.165) is 29.7 Å². The molecule has 0 aliphatic carbocycles. The maximum Gasteiger partial charge on any atom is 0.129 e. The lowest BCUT2D eigenvalue weighted by molar-refractivity contribution is 0.393. The number of aromatic nitrogens is 3. The summed E-state index contributed by atoms with van der Waals surface area (Å²) in [6, 6.07) is 10.8. The Kier molecular flexibility index (Phi) is 9.12. The number of aryl methyl sites for hydroxylation is 2. The van der Waals surface area contributed by atoms with E-state index in [1.165, 1.54) is 0 Å². The van der Waals surface area contributed by atoms with Gasteiger partial charge in [-0.3, -0.25) is 4.68 Å². The second-order valence-electron chi connectivity index (χ2n) is 7.59. The van der Waals surface area contributed by atoms with Crippen molar-refractivity contribution >= 4 is 31.9 Å². The molecule has 176 valence electrons. The molecule has 11 heteroatoms. The molecule has 0 aliphatic rings. The topological polar surface area (TPSA) is 138 Å². The fraction of sp³-hybridized carbons (Fsp3) is 0.273. The number of halogens is 2. The van der Waals surface area contributed by atoms with Crippen LogP contribution >= 0.6 is 31.9 Å². The molecule has 1 aromatic heterocycles. The largest absolute Gasteiger partial charge is 0.507 e. The number of phenolic OH excluding ortho intramolecular Hbond substituents is 2. The predicted molar refractivity (Wildman–Crippen MR) is 134 cm³/mol. The number of nitrogens with two attached hydrogens (primary N) is 2. The van der Waals surface area contributed by atoms with Gasteiger partial charge in [0.05, 0.1) is 14.6 Å². The molecule has 0 bridgehead atoms. The molecule has 3 aromatic rings. The molecule has 2 aromatic carbocycles. The lowest BCUT2D eigenvalue weighted by Gasteiger charge is -2.15. The van der Waals surface area contributed by atoms with Gasteiger partial charge in [-0.25, -0.2) is 5.84 Å². The highest BCUT2D eigenvalue weighted by atomic mass is 79.9. The number of hydrogen-bond acceptors (Lipinski definition) is 8. The normalized spacial score (nSPS) is 11.7. The number of phenols is 2. The molecule has 33 heavy (non-hydrogen) atoms. The van der Waals surface area contributed by atoms with Gasteiger partial charge in [-0.2, -0.15) is 0 Å². The van der Waals surface area contributed by atoms with Gasteiger partial charge in [0.1, 0.15) is 11.5 Å². The minimum Gasteiger partial charge on any atom is -0.507 e. The molecule has 0 fully saturated rings. The molecule has 0 unspecified atom stereocenters. The SMILES string of the molecule is N/C(=C\N(N)CCc1ccc(O)c(Br)c1)CNCc1cn(CCc2ccc(O)c(Br)c2)nn1. The first kappa shape index (κ1) is 25.0. The Hall–Kier alpha value is -2.60. The Bertz CT molecular complexity index is 1100. The van der Waals surface area contributed by atoms with Gasteiger partial charge in [-0.15, -0.1) is 5.10 Å². The van der Waals surface area contributed by atoms with Crippen molar-refractivity contribution < 1.29 is 10.2 Å². The van der Waals surface area contributed by atoms with E-state index in [4.69, 9.17) is 11.6 Å². The molecule has 7 N–H and O–H groups in total. The van der Waals surface area contributed by atoms with E-state index in [1.807, 2.05) is 30.5 Å². The third-order valence-corrected chi connectivity index (χ3v) is 6.14. The Labute approximate surface area is 209 Å². The summed E-state index contributed by atoms with van der Waals surface area (Å²) in [5.74, 6) is 6.46. The van der Waals surface area contributed by atoms with Crippen molar-refractivity contribution in [2.75, 3.05) is 13.1 Å². The van der Waals surface area contributed by atoms with E-state index >= 15 is 0 Å². The highest BCUT2D eigenvalue weighted by molar-refractivity contribution is 9.10. The zero-order chi connectivity index (χ0) is 23.8. The van der Waals surface area contributed by atoms with Gasteiger partial charge in [-0.05, 0) is 80.1 Å². The minimum atomic E-state index is 0.212. The second-order valence-corrected chi connectivity index (χ2v) is 9.30. The van der Waals surface area contributed by atoms with Crippen LogP contribution in [0.1, 0.15) is 16.8 Å². The van der Waals surface area contributed by atoms with Gasteiger partial charge in [0.15, 0.2) is 0 Å². The summed E-state index contributed by atoms with van der Waals surface area (Å²) in [6.45, 7) is 2.27. The third-order valence-electron chi connectivity index (χ3n) is 4.87. The summed E-state index contributed by atoms with van der Waals surface area (Å²) in [4.78, 5) is 0. The first-order valence-electron chi connectivity index (χ1n) is 10.3. The molecule has 0 atom stereocenters. The molecule has 0 radical (unpaired) electrons. The molecule has 9 nitrogen and oxygen atoms in total. The highest BCUT2D eigenvalue weighted by Crippen LogP contribution is 2.25. The number of hydrazine groups is 1. The number of aromatic hydroxyl groups is 2. The van der Waals surface area contributed by atoms with Crippen molar-refractivity contribution in [3.63, 3.8) is 0 Å². The third kappa shape index (κ3) is 8.04. The minimum absolute atomic E-state index is 0.212. The van der Waals surface area contributed by atoms with Crippen LogP contribution in [-0.2, 0) is 25.9 Å². The van der Waals surface area contributed by atoms with E-state index in [1.54, 1.807) is 28.0 Å². The zero-order valence-electron chi connectivity index (χ0n) is 18.0. The zero-order valence-corrected chi connectivity index (χ0v) is 21.1.